The molecule has 0 unspecified atom stereocenters. The summed E-state index contributed by atoms with van der Waals surface area (Å²) in [4.78, 5) is 14.7. The maximum atomic E-state index is 12.9. The fraction of sp³-hybridized carbons (Fsp3) is 0.611. The average molecular weight is 353 g/mol. The largest absolute Gasteiger partial charge is 0.343 e. The van der Waals surface area contributed by atoms with Crippen molar-refractivity contribution in [3.63, 3.8) is 0 Å². The summed E-state index contributed by atoms with van der Waals surface area (Å²) in [5, 5.41) is 0. The van der Waals surface area contributed by atoms with E-state index >= 15 is 0 Å². The Hall–Kier alpha value is -1.40. The summed E-state index contributed by atoms with van der Waals surface area (Å²) in [5.41, 5.74) is 1.70. The fourth-order valence-corrected chi connectivity index (χ4v) is 5.04. The number of sulfonamides is 1. The lowest BCUT2D eigenvalue weighted by molar-refractivity contribution is -0.136. The minimum Gasteiger partial charge on any atom is -0.343 e. The average Bonchev–Trinajstić information content (AvgIpc) is 2.58. The Kier molecular flexibility index (Phi) is 6.04. The van der Waals surface area contributed by atoms with E-state index in [-0.39, 0.29) is 11.8 Å². The molecular formula is C18H28N2O3S. The minimum atomic E-state index is -3.49. The van der Waals surface area contributed by atoms with E-state index in [1.165, 1.54) is 4.31 Å². The van der Waals surface area contributed by atoms with Crippen molar-refractivity contribution >= 4 is 15.9 Å². The van der Waals surface area contributed by atoms with Crippen molar-refractivity contribution in [1.29, 1.82) is 0 Å². The van der Waals surface area contributed by atoms with Gasteiger partial charge in [-0.15, -0.1) is 0 Å². The summed E-state index contributed by atoms with van der Waals surface area (Å²) >= 11 is 0. The van der Waals surface area contributed by atoms with Crippen LogP contribution in [0, 0.1) is 19.8 Å². The van der Waals surface area contributed by atoms with Crippen LogP contribution in [0.4, 0.5) is 0 Å². The van der Waals surface area contributed by atoms with E-state index in [1.54, 1.807) is 6.07 Å². The molecule has 0 spiro atoms. The van der Waals surface area contributed by atoms with Gasteiger partial charge in [-0.2, -0.15) is 4.31 Å². The first-order chi connectivity index (χ1) is 11.3. The number of nitrogens with zero attached hydrogens (tertiary/aromatic N) is 2. The van der Waals surface area contributed by atoms with Crippen LogP contribution >= 0.6 is 0 Å². The van der Waals surface area contributed by atoms with Gasteiger partial charge in [-0.05, 0) is 57.7 Å². The predicted molar refractivity (Wildman–Crippen MR) is 95.3 cm³/mol. The Balaban J connectivity index is 2.11. The van der Waals surface area contributed by atoms with Crippen molar-refractivity contribution in [3.05, 3.63) is 29.3 Å². The molecule has 0 radical (unpaired) electrons. The van der Waals surface area contributed by atoms with Gasteiger partial charge in [0.2, 0.25) is 15.9 Å². The Morgan fingerprint density at radius 3 is 2.29 bits per heavy atom. The monoisotopic (exact) mass is 352 g/mol. The van der Waals surface area contributed by atoms with Crippen LogP contribution in [0.3, 0.4) is 0 Å². The zero-order valence-corrected chi connectivity index (χ0v) is 15.9. The van der Waals surface area contributed by atoms with Gasteiger partial charge in [0.05, 0.1) is 4.90 Å². The van der Waals surface area contributed by atoms with E-state index in [0.717, 1.165) is 11.1 Å². The van der Waals surface area contributed by atoms with Crippen LogP contribution in [-0.2, 0) is 14.8 Å². The second kappa shape index (κ2) is 7.66. The number of hydrogen-bond donors (Lipinski definition) is 0. The molecule has 0 bridgehead atoms. The van der Waals surface area contributed by atoms with Crippen molar-refractivity contribution in [2.75, 3.05) is 26.2 Å². The van der Waals surface area contributed by atoms with Crippen molar-refractivity contribution < 1.29 is 13.2 Å². The second-order valence-electron chi connectivity index (χ2n) is 6.46. The van der Waals surface area contributed by atoms with Gasteiger partial charge in [0, 0.05) is 32.1 Å². The highest BCUT2D eigenvalue weighted by Gasteiger charge is 2.33. The molecule has 0 aromatic heterocycles. The number of benzene rings is 1. The zero-order chi connectivity index (χ0) is 17.9. The molecule has 6 heteroatoms. The molecule has 0 atom stereocenters. The fourth-order valence-electron chi connectivity index (χ4n) is 3.26. The number of piperidine rings is 1. The molecule has 1 amide bonds. The van der Waals surface area contributed by atoms with Crippen LogP contribution in [0.2, 0.25) is 0 Å². The van der Waals surface area contributed by atoms with Crippen molar-refractivity contribution in [2.45, 2.75) is 45.4 Å². The Morgan fingerprint density at radius 1 is 1.17 bits per heavy atom. The lowest BCUT2D eigenvalue weighted by Gasteiger charge is -2.33. The summed E-state index contributed by atoms with van der Waals surface area (Å²) in [6.45, 7) is 9.90. The standard InChI is InChI=1S/C18H28N2O3S/c1-5-19(6-2)18(21)16-9-11-20(12-10-16)24(22,23)17-13-14(3)7-8-15(17)4/h7-8,13,16H,5-6,9-12H2,1-4H3. The highest BCUT2D eigenvalue weighted by Crippen LogP contribution is 2.27. The molecule has 0 aliphatic carbocycles. The quantitative estimate of drug-likeness (QED) is 0.818. The zero-order valence-electron chi connectivity index (χ0n) is 15.1. The van der Waals surface area contributed by atoms with E-state index in [4.69, 9.17) is 0 Å². The topological polar surface area (TPSA) is 57.7 Å². The highest BCUT2D eigenvalue weighted by atomic mass is 32.2. The van der Waals surface area contributed by atoms with Crippen LogP contribution in [0.1, 0.15) is 37.8 Å². The molecule has 1 heterocycles. The Morgan fingerprint density at radius 2 is 1.75 bits per heavy atom. The van der Waals surface area contributed by atoms with E-state index in [9.17, 15) is 13.2 Å². The first-order valence-corrected chi connectivity index (χ1v) is 10.1. The summed E-state index contributed by atoms with van der Waals surface area (Å²) in [6, 6.07) is 5.50. The Bertz CT molecular complexity index is 688. The smallest absolute Gasteiger partial charge is 0.243 e. The van der Waals surface area contributed by atoms with Crippen LogP contribution in [0.5, 0.6) is 0 Å². The molecule has 1 saturated heterocycles. The van der Waals surface area contributed by atoms with Gasteiger partial charge in [-0.1, -0.05) is 12.1 Å². The normalized spacial score (nSPS) is 17.0. The van der Waals surface area contributed by atoms with E-state index in [2.05, 4.69) is 0 Å². The third-order valence-electron chi connectivity index (χ3n) is 4.84. The van der Waals surface area contributed by atoms with Crippen molar-refractivity contribution in [1.82, 2.24) is 9.21 Å². The molecule has 1 aromatic rings. The van der Waals surface area contributed by atoms with Crippen molar-refractivity contribution in [2.24, 2.45) is 5.92 Å². The molecule has 1 fully saturated rings. The molecule has 0 saturated carbocycles. The molecule has 2 rings (SSSR count). The summed E-state index contributed by atoms with van der Waals surface area (Å²) in [5.74, 6) is 0.0961. The maximum absolute atomic E-state index is 12.9. The molecule has 134 valence electrons. The maximum Gasteiger partial charge on any atom is 0.243 e. The molecule has 5 nitrogen and oxygen atoms in total. The molecule has 24 heavy (non-hydrogen) atoms. The highest BCUT2D eigenvalue weighted by molar-refractivity contribution is 7.89. The van der Waals surface area contributed by atoms with E-state index < -0.39 is 10.0 Å². The second-order valence-corrected chi connectivity index (χ2v) is 8.36. The number of hydrogen-bond acceptors (Lipinski definition) is 3. The van der Waals surface area contributed by atoms with E-state index in [1.807, 2.05) is 44.7 Å². The number of carbonyl (C=O) groups is 1. The van der Waals surface area contributed by atoms with Gasteiger partial charge >= 0.3 is 0 Å². The number of aryl methyl sites for hydroxylation is 2. The van der Waals surface area contributed by atoms with Crippen LogP contribution < -0.4 is 0 Å². The minimum absolute atomic E-state index is 0.0602. The third kappa shape index (κ3) is 3.81. The van der Waals surface area contributed by atoms with Gasteiger partial charge < -0.3 is 4.90 Å². The molecule has 1 aliphatic heterocycles. The summed E-state index contributed by atoms with van der Waals surface area (Å²) in [6.07, 6.45) is 1.19. The molecule has 1 aliphatic rings. The number of amides is 1. The van der Waals surface area contributed by atoms with Gasteiger partial charge in [0.1, 0.15) is 0 Å². The summed E-state index contributed by atoms with van der Waals surface area (Å²) < 4.78 is 27.4. The van der Waals surface area contributed by atoms with Gasteiger partial charge in [-0.3, -0.25) is 4.79 Å². The SMILES string of the molecule is CCN(CC)C(=O)C1CCN(S(=O)(=O)c2cc(C)ccc2C)CC1. The number of rotatable bonds is 5. The first kappa shape index (κ1) is 18.9. The first-order valence-electron chi connectivity index (χ1n) is 8.67. The lowest BCUT2D eigenvalue weighted by Crippen LogP contribution is -2.44. The van der Waals surface area contributed by atoms with Gasteiger partial charge in [0.25, 0.3) is 0 Å². The van der Waals surface area contributed by atoms with Crippen LogP contribution in [-0.4, -0.2) is 49.7 Å². The van der Waals surface area contributed by atoms with E-state index in [0.29, 0.717) is 43.9 Å². The van der Waals surface area contributed by atoms with Crippen LogP contribution in [0.15, 0.2) is 23.1 Å². The third-order valence-corrected chi connectivity index (χ3v) is 6.88. The molecule has 1 aromatic carbocycles. The van der Waals surface area contributed by atoms with Crippen molar-refractivity contribution in [3.8, 4) is 0 Å². The van der Waals surface area contributed by atoms with Gasteiger partial charge in [0.15, 0.2) is 0 Å². The van der Waals surface area contributed by atoms with Crippen LogP contribution in [0.25, 0.3) is 0 Å². The number of carbonyl (C=O) groups excluding carboxylic acids is 1. The summed E-state index contributed by atoms with van der Waals surface area (Å²) in [7, 11) is -3.49. The Labute approximate surface area is 145 Å². The predicted octanol–water partition coefficient (Wildman–Crippen LogP) is 2.57. The molecular weight excluding hydrogens is 324 g/mol. The molecule has 0 N–H and O–H groups in total. The lowest BCUT2D eigenvalue weighted by atomic mass is 9.96. The van der Waals surface area contributed by atoms with Gasteiger partial charge in [-0.25, -0.2) is 8.42 Å².